The van der Waals surface area contributed by atoms with E-state index in [1.54, 1.807) is 0 Å². The van der Waals surface area contributed by atoms with Crippen molar-refractivity contribution in [2.24, 2.45) is 5.92 Å². The summed E-state index contributed by atoms with van der Waals surface area (Å²) in [6, 6.07) is 17.8. The summed E-state index contributed by atoms with van der Waals surface area (Å²) in [5.41, 5.74) is 3.20. The highest BCUT2D eigenvalue weighted by molar-refractivity contribution is 5.94. The molecular weight excluding hydrogens is 350 g/mol. The molecule has 0 unspecified atom stereocenters. The number of amides is 3. The summed E-state index contributed by atoms with van der Waals surface area (Å²) in [6.07, 6.45) is 4.21. The standard InChI is InChI=1S/C23H27N3O2/c1-16(17-9-11-20(12-10-17)26-21(27)18-7-8-18)25-22(28)24-15-23(13-14-23)19-5-3-2-4-6-19/h2-6,9-12,16,18H,7-8,13-15H2,1H3,(H,26,27)(H2,24,25,28)/t16-/m0/s1. The van der Waals surface area contributed by atoms with Gasteiger partial charge in [0.25, 0.3) is 0 Å². The molecule has 2 fully saturated rings. The Bertz CT molecular complexity index is 840. The lowest BCUT2D eigenvalue weighted by molar-refractivity contribution is -0.117. The molecule has 0 spiro atoms. The number of hydrogen-bond donors (Lipinski definition) is 3. The lowest BCUT2D eigenvalue weighted by Gasteiger charge is -2.19. The van der Waals surface area contributed by atoms with E-state index in [-0.39, 0.29) is 29.3 Å². The second-order valence-corrected chi connectivity index (χ2v) is 8.08. The van der Waals surface area contributed by atoms with Crippen molar-refractivity contribution >= 4 is 17.6 Å². The monoisotopic (exact) mass is 377 g/mol. The van der Waals surface area contributed by atoms with Crippen molar-refractivity contribution in [1.29, 1.82) is 0 Å². The molecule has 5 nitrogen and oxygen atoms in total. The molecule has 2 saturated carbocycles. The van der Waals surface area contributed by atoms with Gasteiger partial charge in [-0.25, -0.2) is 4.79 Å². The number of anilines is 1. The van der Waals surface area contributed by atoms with E-state index >= 15 is 0 Å². The first-order chi connectivity index (χ1) is 13.6. The highest BCUT2D eigenvalue weighted by Crippen LogP contribution is 2.47. The minimum absolute atomic E-state index is 0.100. The van der Waals surface area contributed by atoms with Gasteiger partial charge in [0.1, 0.15) is 0 Å². The van der Waals surface area contributed by atoms with Crippen molar-refractivity contribution in [2.45, 2.75) is 44.1 Å². The summed E-state index contributed by atoms with van der Waals surface area (Å²) < 4.78 is 0. The van der Waals surface area contributed by atoms with Gasteiger partial charge in [0.2, 0.25) is 5.91 Å². The molecule has 4 rings (SSSR count). The van der Waals surface area contributed by atoms with Gasteiger partial charge in [0.15, 0.2) is 0 Å². The lowest BCUT2D eigenvalue weighted by atomic mass is 9.96. The molecule has 2 aromatic carbocycles. The van der Waals surface area contributed by atoms with Gasteiger partial charge in [0.05, 0.1) is 6.04 Å². The smallest absolute Gasteiger partial charge is 0.315 e. The Kier molecular flexibility index (Phi) is 5.07. The second kappa shape index (κ2) is 7.66. The summed E-state index contributed by atoms with van der Waals surface area (Å²) in [6.45, 7) is 2.61. The van der Waals surface area contributed by atoms with Gasteiger partial charge < -0.3 is 16.0 Å². The normalized spacial score (nSPS) is 18.0. The number of carbonyl (C=O) groups excluding carboxylic acids is 2. The van der Waals surface area contributed by atoms with Crippen LogP contribution in [0.5, 0.6) is 0 Å². The minimum Gasteiger partial charge on any atom is -0.337 e. The van der Waals surface area contributed by atoms with E-state index in [0.717, 1.165) is 36.9 Å². The van der Waals surface area contributed by atoms with Gasteiger partial charge in [-0.1, -0.05) is 42.5 Å². The summed E-state index contributed by atoms with van der Waals surface area (Å²) in [5, 5.41) is 8.97. The van der Waals surface area contributed by atoms with Crippen molar-refractivity contribution in [3.05, 3.63) is 65.7 Å². The molecular formula is C23H27N3O2. The first kappa shape index (κ1) is 18.5. The van der Waals surface area contributed by atoms with E-state index in [1.807, 2.05) is 49.4 Å². The van der Waals surface area contributed by atoms with Crippen LogP contribution in [0.25, 0.3) is 0 Å². The van der Waals surface area contributed by atoms with E-state index < -0.39 is 0 Å². The Hall–Kier alpha value is -2.82. The molecule has 1 atom stereocenters. The molecule has 146 valence electrons. The molecule has 5 heteroatoms. The molecule has 3 amide bonds. The average molecular weight is 377 g/mol. The Labute approximate surface area is 165 Å². The zero-order valence-corrected chi connectivity index (χ0v) is 16.2. The van der Waals surface area contributed by atoms with E-state index in [4.69, 9.17) is 0 Å². The van der Waals surface area contributed by atoms with Gasteiger partial charge in [-0.15, -0.1) is 0 Å². The SMILES string of the molecule is C[C@H](NC(=O)NCC1(c2ccccc2)CC1)c1ccc(NC(=O)C2CC2)cc1. The maximum Gasteiger partial charge on any atom is 0.315 e. The highest BCUT2D eigenvalue weighted by atomic mass is 16.2. The van der Waals surface area contributed by atoms with Crippen LogP contribution in [-0.2, 0) is 10.2 Å². The molecule has 2 aromatic rings. The molecule has 0 bridgehead atoms. The number of carbonyl (C=O) groups is 2. The van der Waals surface area contributed by atoms with E-state index in [0.29, 0.717) is 6.54 Å². The fourth-order valence-corrected chi connectivity index (χ4v) is 3.54. The van der Waals surface area contributed by atoms with Crippen molar-refractivity contribution in [3.63, 3.8) is 0 Å². The van der Waals surface area contributed by atoms with Crippen molar-refractivity contribution < 1.29 is 9.59 Å². The summed E-state index contributed by atoms with van der Waals surface area (Å²) in [7, 11) is 0. The fraction of sp³-hybridized carbons (Fsp3) is 0.391. The van der Waals surface area contributed by atoms with Crippen LogP contribution in [-0.4, -0.2) is 18.5 Å². The Balaban J connectivity index is 1.26. The second-order valence-electron chi connectivity index (χ2n) is 8.08. The van der Waals surface area contributed by atoms with Crippen LogP contribution in [0.4, 0.5) is 10.5 Å². The number of benzene rings is 2. The maximum absolute atomic E-state index is 12.3. The third-order valence-corrected chi connectivity index (χ3v) is 5.80. The predicted octanol–water partition coefficient (Wildman–Crippen LogP) is 4.13. The van der Waals surface area contributed by atoms with Gasteiger partial charge >= 0.3 is 6.03 Å². The van der Waals surface area contributed by atoms with E-state index in [9.17, 15) is 9.59 Å². The Morgan fingerprint density at radius 2 is 1.71 bits per heavy atom. The zero-order valence-electron chi connectivity index (χ0n) is 16.2. The average Bonchev–Trinajstić information content (AvgIpc) is 3.62. The van der Waals surface area contributed by atoms with Crippen LogP contribution in [0, 0.1) is 5.92 Å². The fourth-order valence-electron chi connectivity index (χ4n) is 3.54. The molecule has 3 N–H and O–H groups in total. The van der Waals surface area contributed by atoms with Crippen LogP contribution in [0.2, 0.25) is 0 Å². The molecule has 0 aliphatic heterocycles. The van der Waals surface area contributed by atoms with Gasteiger partial charge in [-0.2, -0.15) is 0 Å². The maximum atomic E-state index is 12.3. The summed E-state index contributed by atoms with van der Waals surface area (Å²) >= 11 is 0. The number of rotatable bonds is 7. The Morgan fingerprint density at radius 1 is 1.04 bits per heavy atom. The van der Waals surface area contributed by atoms with Crippen LogP contribution in [0.15, 0.2) is 54.6 Å². The first-order valence-electron chi connectivity index (χ1n) is 10.1. The molecule has 0 saturated heterocycles. The zero-order chi connectivity index (χ0) is 19.6. The quantitative estimate of drug-likeness (QED) is 0.679. The highest BCUT2D eigenvalue weighted by Gasteiger charge is 2.44. The van der Waals surface area contributed by atoms with Crippen LogP contribution >= 0.6 is 0 Å². The summed E-state index contributed by atoms with van der Waals surface area (Å²) in [4.78, 5) is 24.2. The molecule has 0 heterocycles. The van der Waals surface area contributed by atoms with Crippen molar-refractivity contribution in [3.8, 4) is 0 Å². The summed E-state index contributed by atoms with van der Waals surface area (Å²) in [5.74, 6) is 0.292. The topological polar surface area (TPSA) is 70.2 Å². The van der Waals surface area contributed by atoms with Gasteiger partial charge in [0, 0.05) is 23.6 Å². The van der Waals surface area contributed by atoms with Crippen LogP contribution in [0.3, 0.4) is 0 Å². The first-order valence-corrected chi connectivity index (χ1v) is 10.1. The number of urea groups is 1. The number of hydrogen-bond acceptors (Lipinski definition) is 2. The van der Waals surface area contributed by atoms with Gasteiger partial charge in [-0.3, -0.25) is 4.79 Å². The molecule has 2 aliphatic carbocycles. The lowest BCUT2D eigenvalue weighted by Crippen LogP contribution is -2.40. The minimum atomic E-state index is -0.152. The molecule has 0 aromatic heterocycles. The van der Waals surface area contributed by atoms with E-state index in [1.165, 1.54) is 5.56 Å². The third-order valence-electron chi connectivity index (χ3n) is 5.80. The largest absolute Gasteiger partial charge is 0.337 e. The van der Waals surface area contributed by atoms with E-state index in [2.05, 4.69) is 28.1 Å². The molecule has 0 radical (unpaired) electrons. The van der Waals surface area contributed by atoms with Crippen molar-refractivity contribution in [1.82, 2.24) is 10.6 Å². The molecule has 2 aliphatic rings. The van der Waals surface area contributed by atoms with Crippen molar-refractivity contribution in [2.75, 3.05) is 11.9 Å². The third kappa shape index (κ3) is 4.35. The molecule has 28 heavy (non-hydrogen) atoms. The predicted molar refractivity (Wildman–Crippen MR) is 110 cm³/mol. The Morgan fingerprint density at radius 3 is 2.32 bits per heavy atom. The van der Waals surface area contributed by atoms with Gasteiger partial charge in [-0.05, 0) is 55.9 Å². The van der Waals surface area contributed by atoms with Crippen LogP contribution < -0.4 is 16.0 Å². The van der Waals surface area contributed by atoms with Crippen LogP contribution in [0.1, 0.15) is 49.8 Å². The number of nitrogens with one attached hydrogen (secondary N) is 3.